The molecule has 0 spiro atoms. The van der Waals surface area contributed by atoms with E-state index >= 15 is 0 Å². The molecule has 0 bridgehead atoms. The molecule has 0 amide bonds. The topological polar surface area (TPSA) is 30.3 Å². The van der Waals surface area contributed by atoms with E-state index in [0.29, 0.717) is 25.2 Å². The van der Waals surface area contributed by atoms with Crippen LogP contribution in [0.3, 0.4) is 0 Å². The second kappa shape index (κ2) is 5.00. The van der Waals surface area contributed by atoms with Crippen molar-refractivity contribution in [2.45, 2.75) is 32.4 Å². The molecule has 0 N–H and O–H groups in total. The molecule has 0 radical (unpaired) electrons. The van der Waals surface area contributed by atoms with Gasteiger partial charge in [-0.1, -0.05) is 5.92 Å². The zero-order chi connectivity index (χ0) is 10.6. The molecule has 0 aliphatic carbocycles. The predicted octanol–water partition coefficient (Wildman–Crippen LogP) is 0.885. The Bertz CT molecular complexity index is 235. The highest BCUT2D eigenvalue weighted by Gasteiger charge is 2.27. The fraction of sp³-hybridized carbons (Fsp3) is 0.727. The van der Waals surface area contributed by atoms with E-state index in [1.807, 2.05) is 0 Å². The number of rotatable bonds is 2. The van der Waals surface area contributed by atoms with Crippen LogP contribution in [0.15, 0.2) is 0 Å². The molecule has 1 fully saturated rings. The SMILES string of the molecule is C#CCN1CN(CC#N)C(C)CC1C. The summed E-state index contributed by atoms with van der Waals surface area (Å²) in [7, 11) is 0. The van der Waals surface area contributed by atoms with Crippen molar-refractivity contribution in [2.24, 2.45) is 0 Å². The van der Waals surface area contributed by atoms with E-state index in [1.165, 1.54) is 0 Å². The lowest BCUT2D eigenvalue weighted by Gasteiger charge is -2.42. The molecule has 76 valence electrons. The van der Waals surface area contributed by atoms with Crippen molar-refractivity contribution < 1.29 is 0 Å². The molecule has 2 atom stereocenters. The number of hydrogen-bond donors (Lipinski definition) is 0. The summed E-state index contributed by atoms with van der Waals surface area (Å²) in [6.07, 6.45) is 6.39. The van der Waals surface area contributed by atoms with Crippen molar-refractivity contribution in [3.8, 4) is 18.4 Å². The standard InChI is InChI=1S/C11H17N3/c1-4-6-13-9-14(7-5-12)11(3)8-10(13)2/h1,10-11H,6-9H2,2-3H3. The van der Waals surface area contributed by atoms with Crippen LogP contribution in [0.5, 0.6) is 0 Å². The molecule has 0 aromatic carbocycles. The second-order valence-electron chi connectivity index (χ2n) is 3.93. The van der Waals surface area contributed by atoms with E-state index in [1.54, 1.807) is 0 Å². The Morgan fingerprint density at radius 3 is 2.36 bits per heavy atom. The third-order valence-electron chi connectivity index (χ3n) is 2.86. The maximum Gasteiger partial charge on any atom is 0.0878 e. The Morgan fingerprint density at radius 2 is 1.86 bits per heavy atom. The van der Waals surface area contributed by atoms with Crippen LogP contribution in [0.25, 0.3) is 0 Å². The first-order valence-corrected chi connectivity index (χ1v) is 4.97. The smallest absolute Gasteiger partial charge is 0.0878 e. The predicted molar refractivity (Wildman–Crippen MR) is 56.3 cm³/mol. The molecular formula is C11H17N3. The third-order valence-corrected chi connectivity index (χ3v) is 2.86. The van der Waals surface area contributed by atoms with Crippen molar-refractivity contribution in [1.29, 1.82) is 5.26 Å². The number of nitrogens with zero attached hydrogens (tertiary/aromatic N) is 3. The fourth-order valence-electron chi connectivity index (χ4n) is 1.92. The molecule has 14 heavy (non-hydrogen) atoms. The minimum atomic E-state index is 0.485. The van der Waals surface area contributed by atoms with E-state index in [4.69, 9.17) is 11.7 Å². The summed E-state index contributed by atoms with van der Waals surface area (Å²) in [5.74, 6) is 2.66. The normalized spacial score (nSPS) is 29.4. The van der Waals surface area contributed by atoms with Crippen molar-refractivity contribution >= 4 is 0 Å². The molecule has 0 aromatic rings. The average molecular weight is 191 g/mol. The Kier molecular flexibility index (Phi) is 3.95. The quantitative estimate of drug-likeness (QED) is 0.479. The van der Waals surface area contributed by atoms with E-state index < -0.39 is 0 Å². The van der Waals surface area contributed by atoms with Crippen LogP contribution < -0.4 is 0 Å². The van der Waals surface area contributed by atoms with Gasteiger partial charge in [-0.3, -0.25) is 9.80 Å². The van der Waals surface area contributed by atoms with Gasteiger partial charge in [-0.2, -0.15) is 5.26 Å². The van der Waals surface area contributed by atoms with E-state index in [0.717, 1.165) is 13.1 Å². The van der Waals surface area contributed by atoms with Gasteiger partial charge in [0, 0.05) is 12.1 Å². The van der Waals surface area contributed by atoms with Gasteiger partial charge in [0.2, 0.25) is 0 Å². The van der Waals surface area contributed by atoms with Gasteiger partial charge in [-0.15, -0.1) is 6.42 Å². The van der Waals surface area contributed by atoms with Crippen LogP contribution in [-0.2, 0) is 0 Å². The molecule has 1 aliphatic rings. The second-order valence-corrected chi connectivity index (χ2v) is 3.93. The van der Waals surface area contributed by atoms with Crippen LogP contribution >= 0.6 is 0 Å². The Hall–Kier alpha value is -1.03. The zero-order valence-corrected chi connectivity index (χ0v) is 8.90. The minimum Gasteiger partial charge on any atom is -0.277 e. The molecule has 3 nitrogen and oxygen atoms in total. The minimum absolute atomic E-state index is 0.485. The lowest BCUT2D eigenvalue weighted by Crippen LogP contribution is -2.53. The zero-order valence-electron chi connectivity index (χ0n) is 8.90. The Labute approximate surface area is 86.3 Å². The fourth-order valence-corrected chi connectivity index (χ4v) is 1.92. The average Bonchev–Trinajstić information content (AvgIpc) is 2.14. The van der Waals surface area contributed by atoms with Gasteiger partial charge in [0.15, 0.2) is 0 Å². The summed E-state index contributed by atoms with van der Waals surface area (Å²) in [5, 5.41) is 8.67. The summed E-state index contributed by atoms with van der Waals surface area (Å²) in [4.78, 5) is 4.40. The van der Waals surface area contributed by atoms with Crippen LogP contribution in [-0.4, -0.2) is 41.6 Å². The molecule has 1 rings (SSSR count). The Morgan fingerprint density at radius 1 is 1.29 bits per heavy atom. The third kappa shape index (κ3) is 2.48. The van der Waals surface area contributed by atoms with Crippen LogP contribution in [0.1, 0.15) is 20.3 Å². The summed E-state index contributed by atoms with van der Waals surface area (Å²) < 4.78 is 0. The maximum atomic E-state index is 8.67. The van der Waals surface area contributed by atoms with Crippen LogP contribution in [0, 0.1) is 23.7 Å². The Balaban J connectivity index is 2.57. The largest absolute Gasteiger partial charge is 0.277 e. The molecule has 1 aliphatic heterocycles. The van der Waals surface area contributed by atoms with Gasteiger partial charge in [0.05, 0.1) is 25.8 Å². The van der Waals surface area contributed by atoms with Gasteiger partial charge >= 0.3 is 0 Å². The summed E-state index contributed by atoms with van der Waals surface area (Å²) in [6.45, 7) is 6.35. The molecule has 0 aromatic heterocycles. The summed E-state index contributed by atoms with van der Waals surface area (Å²) in [5.41, 5.74) is 0. The molecule has 1 saturated heterocycles. The monoisotopic (exact) mass is 191 g/mol. The van der Waals surface area contributed by atoms with Gasteiger partial charge in [-0.05, 0) is 20.3 Å². The first-order chi connectivity index (χ1) is 6.69. The summed E-state index contributed by atoms with van der Waals surface area (Å²) in [6, 6.07) is 3.20. The highest BCUT2D eigenvalue weighted by molar-refractivity contribution is 4.93. The molecule has 3 heteroatoms. The lowest BCUT2D eigenvalue weighted by atomic mass is 10.0. The highest BCUT2D eigenvalue weighted by atomic mass is 15.4. The van der Waals surface area contributed by atoms with Gasteiger partial charge < -0.3 is 0 Å². The molecule has 1 heterocycles. The lowest BCUT2D eigenvalue weighted by molar-refractivity contribution is 0.0289. The molecule has 2 unspecified atom stereocenters. The number of terminal acetylenes is 1. The number of nitriles is 1. The first kappa shape index (κ1) is 11.0. The van der Waals surface area contributed by atoms with Crippen LogP contribution in [0.4, 0.5) is 0 Å². The van der Waals surface area contributed by atoms with Crippen LogP contribution in [0.2, 0.25) is 0 Å². The van der Waals surface area contributed by atoms with Gasteiger partial charge in [0.25, 0.3) is 0 Å². The van der Waals surface area contributed by atoms with E-state index in [9.17, 15) is 0 Å². The maximum absolute atomic E-state index is 8.67. The van der Waals surface area contributed by atoms with Crippen molar-refractivity contribution in [3.05, 3.63) is 0 Å². The molecule has 0 saturated carbocycles. The van der Waals surface area contributed by atoms with Crippen molar-refractivity contribution in [3.63, 3.8) is 0 Å². The van der Waals surface area contributed by atoms with Crippen molar-refractivity contribution in [2.75, 3.05) is 19.8 Å². The first-order valence-electron chi connectivity index (χ1n) is 4.97. The van der Waals surface area contributed by atoms with Crippen molar-refractivity contribution in [1.82, 2.24) is 9.80 Å². The van der Waals surface area contributed by atoms with Gasteiger partial charge in [-0.25, -0.2) is 0 Å². The van der Waals surface area contributed by atoms with E-state index in [-0.39, 0.29) is 0 Å². The summed E-state index contributed by atoms with van der Waals surface area (Å²) >= 11 is 0. The number of hydrogen-bond acceptors (Lipinski definition) is 3. The molecular weight excluding hydrogens is 174 g/mol. The van der Waals surface area contributed by atoms with Gasteiger partial charge in [0.1, 0.15) is 0 Å². The van der Waals surface area contributed by atoms with E-state index in [2.05, 4.69) is 35.6 Å². The highest BCUT2D eigenvalue weighted by Crippen LogP contribution is 2.18.